The minimum Gasteiger partial charge on any atom is -0.496 e. The lowest BCUT2D eigenvalue weighted by atomic mass is 10.00. The Morgan fingerprint density at radius 2 is 2.24 bits per heavy atom. The summed E-state index contributed by atoms with van der Waals surface area (Å²) in [7, 11) is 1.66. The monoisotopic (exact) mass is 294 g/mol. The summed E-state index contributed by atoms with van der Waals surface area (Å²) in [6, 6.07) is 5.82. The fraction of sp³-hybridized carbons (Fsp3) is 0.625. The highest BCUT2D eigenvalue weighted by atomic mass is 16.5. The molecule has 3 N–H and O–H groups in total. The first-order valence-corrected chi connectivity index (χ1v) is 7.34. The summed E-state index contributed by atoms with van der Waals surface area (Å²) in [6.45, 7) is 7.43. The average molecular weight is 294 g/mol. The highest BCUT2D eigenvalue weighted by molar-refractivity contribution is 5.61. The molecule has 1 aliphatic heterocycles. The van der Waals surface area contributed by atoms with Crippen LogP contribution in [0.15, 0.2) is 18.2 Å². The van der Waals surface area contributed by atoms with Gasteiger partial charge in [-0.15, -0.1) is 0 Å². The number of benzene rings is 1. The molecule has 1 unspecified atom stereocenters. The van der Waals surface area contributed by atoms with Crippen LogP contribution < -0.4 is 15.4 Å². The fourth-order valence-electron chi connectivity index (χ4n) is 3.02. The van der Waals surface area contributed by atoms with Gasteiger partial charge in [0.25, 0.3) is 0 Å². The third kappa shape index (κ3) is 3.48. The predicted octanol–water partition coefficient (Wildman–Crippen LogP) is 1.69. The van der Waals surface area contributed by atoms with Crippen molar-refractivity contribution in [3.63, 3.8) is 0 Å². The van der Waals surface area contributed by atoms with Crippen LogP contribution in [-0.4, -0.2) is 43.6 Å². The SMILES string of the molecule is COc1cccc(N2CC(CO)OC(C)(C)C2)c1[C@@H](C)N. The van der Waals surface area contributed by atoms with Gasteiger partial charge in [0.15, 0.2) is 0 Å². The molecule has 0 spiro atoms. The van der Waals surface area contributed by atoms with Gasteiger partial charge in [0.2, 0.25) is 0 Å². The smallest absolute Gasteiger partial charge is 0.125 e. The Morgan fingerprint density at radius 3 is 2.81 bits per heavy atom. The summed E-state index contributed by atoms with van der Waals surface area (Å²) in [6.07, 6.45) is -0.194. The van der Waals surface area contributed by atoms with Gasteiger partial charge in [-0.25, -0.2) is 0 Å². The molecule has 0 aliphatic carbocycles. The number of aliphatic hydroxyl groups is 1. The lowest BCUT2D eigenvalue weighted by Gasteiger charge is -2.44. The van der Waals surface area contributed by atoms with Gasteiger partial charge >= 0.3 is 0 Å². The van der Waals surface area contributed by atoms with E-state index >= 15 is 0 Å². The average Bonchev–Trinajstić information content (AvgIpc) is 2.44. The molecule has 1 aliphatic rings. The van der Waals surface area contributed by atoms with Crippen LogP contribution in [0.4, 0.5) is 5.69 Å². The molecule has 1 aromatic rings. The lowest BCUT2D eigenvalue weighted by molar-refractivity contribution is -0.101. The number of morpholine rings is 1. The number of anilines is 1. The molecule has 0 saturated carbocycles. The summed E-state index contributed by atoms with van der Waals surface area (Å²) < 4.78 is 11.3. The zero-order valence-electron chi connectivity index (χ0n) is 13.3. The first-order valence-electron chi connectivity index (χ1n) is 7.34. The summed E-state index contributed by atoms with van der Waals surface area (Å²) >= 11 is 0. The first kappa shape index (κ1) is 16.1. The molecule has 1 saturated heterocycles. The largest absolute Gasteiger partial charge is 0.496 e. The number of aliphatic hydroxyl groups excluding tert-OH is 1. The van der Waals surface area contributed by atoms with Crippen LogP contribution in [0.5, 0.6) is 5.75 Å². The van der Waals surface area contributed by atoms with Gasteiger partial charge in [0, 0.05) is 30.4 Å². The second-order valence-corrected chi connectivity index (χ2v) is 6.24. The molecule has 5 nitrogen and oxygen atoms in total. The Labute approximate surface area is 126 Å². The molecule has 0 radical (unpaired) electrons. The van der Waals surface area contributed by atoms with E-state index in [1.165, 1.54) is 0 Å². The van der Waals surface area contributed by atoms with Gasteiger partial charge in [0.05, 0.1) is 25.4 Å². The van der Waals surface area contributed by atoms with Crippen molar-refractivity contribution < 1.29 is 14.6 Å². The van der Waals surface area contributed by atoms with E-state index in [1.807, 2.05) is 32.9 Å². The van der Waals surface area contributed by atoms with Crippen molar-refractivity contribution in [2.24, 2.45) is 5.73 Å². The Balaban J connectivity index is 2.40. The van der Waals surface area contributed by atoms with Crippen LogP contribution in [0.3, 0.4) is 0 Å². The maximum absolute atomic E-state index is 9.47. The molecule has 1 aromatic carbocycles. The van der Waals surface area contributed by atoms with Crippen molar-refractivity contribution in [1.29, 1.82) is 0 Å². The number of ether oxygens (including phenoxy) is 2. The molecule has 118 valence electrons. The van der Waals surface area contributed by atoms with Crippen LogP contribution in [0, 0.1) is 0 Å². The molecule has 0 aromatic heterocycles. The van der Waals surface area contributed by atoms with E-state index in [2.05, 4.69) is 11.0 Å². The van der Waals surface area contributed by atoms with Crippen LogP contribution in [0.2, 0.25) is 0 Å². The lowest BCUT2D eigenvalue weighted by Crippen LogP contribution is -2.54. The minimum atomic E-state index is -0.316. The molecule has 1 fully saturated rings. The molecule has 0 bridgehead atoms. The predicted molar refractivity (Wildman–Crippen MR) is 83.8 cm³/mol. The van der Waals surface area contributed by atoms with E-state index in [0.717, 1.165) is 23.5 Å². The maximum atomic E-state index is 9.47. The number of nitrogens with zero attached hydrogens (tertiary/aromatic N) is 1. The standard InChI is InChI=1S/C16H26N2O3/c1-11(17)15-13(6-5-7-14(15)20-4)18-8-12(9-19)21-16(2,3)10-18/h5-7,11-12,19H,8-10,17H2,1-4H3/t11-,12?/m1/s1. The number of hydrogen-bond acceptors (Lipinski definition) is 5. The van der Waals surface area contributed by atoms with Crippen LogP contribution in [0.25, 0.3) is 0 Å². The van der Waals surface area contributed by atoms with E-state index < -0.39 is 0 Å². The van der Waals surface area contributed by atoms with Crippen molar-refractivity contribution in [1.82, 2.24) is 0 Å². The van der Waals surface area contributed by atoms with E-state index in [-0.39, 0.29) is 24.4 Å². The topological polar surface area (TPSA) is 68.0 Å². The maximum Gasteiger partial charge on any atom is 0.125 e. The Bertz CT molecular complexity index is 488. The van der Waals surface area contributed by atoms with Gasteiger partial charge < -0.3 is 25.2 Å². The second-order valence-electron chi connectivity index (χ2n) is 6.24. The molecular formula is C16H26N2O3. The van der Waals surface area contributed by atoms with E-state index in [4.69, 9.17) is 15.2 Å². The Hall–Kier alpha value is -1.30. The molecule has 5 heteroatoms. The number of rotatable bonds is 4. The van der Waals surface area contributed by atoms with Gasteiger partial charge in [-0.3, -0.25) is 0 Å². The van der Waals surface area contributed by atoms with Gasteiger partial charge in [0.1, 0.15) is 5.75 Å². The molecule has 0 amide bonds. The van der Waals surface area contributed by atoms with Crippen LogP contribution >= 0.6 is 0 Å². The van der Waals surface area contributed by atoms with Gasteiger partial charge in [-0.05, 0) is 32.9 Å². The normalized spacial score (nSPS) is 23.0. The zero-order chi connectivity index (χ0) is 15.6. The van der Waals surface area contributed by atoms with E-state index in [1.54, 1.807) is 7.11 Å². The second kappa shape index (κ2) is 6.22. The Kier molecular flexibility index (Phi) is 4.76. The summed E-state index contributed by atoms with van der Waals surface area (Å²) in [5.41, 5.74) is 7.88. The molecule has 2 rings (SSSR count). The number of methoxy groups -OCH3 is 1. The van der Waals surface area contributed by atoms with Crippen molar-refractivity contribution in [2.75, 3.05) is 31.7 Å². The fourth-order valence-corrected chi connectivity index (χ4v) is 3.02. The molecule has 2 atom stereocenters. The third-order valence-electron chi connectivity index (χ3n) is 3.74. The highest BCUT2D eigenvalue weighted by Crippen LogP contribution is 2.36. The number of nitrogens with two attached hydrogens (primary N) is 1. The molecule has 1 heterocycles. The van der Waals surface area contributed by atoms with Crippen molar-refractivity contribution >= 4 is 5.69 Å². The van der Waals surface area contributed by atoms with Crippen LogP contribution in [-0.2, 0) is 4.74 Å². The van der Waals surface area contributed by atoms with Gasteiger partial charge in [-0.1, -0.05) is 6.07 Å². The molecule has 21 heavy (non-hydrogen) atoms. The third-order valence-corrected chi connectivity index (χ3v) is 3.74. The summed E-state index contributed by atoms with van der Waals surface area (Å²) in [5.74, 6) is 0.798. The van der Waals surface area contributed by atoms with Crippen molar-refractivity contribution in [2.45, 2.75) is 38.5 Å². The van der Waals surface area contributed by atoms with Crippen molar-refractivity contribution in [3.8, 4) is 5.75 Å². The first-order chi connectivity index (χ1) is 9.88. The van der Waals surface area contributed by atoms with E-state index in [9.17, 15) is 5.11 Å². The van der Waals surface area contributed by atoms with Crippen molar-refractivity contribution in [3.05, 3.63) is 23.8 Å². The summed E-state index contributed by atoms with van der Waals surface area (Å²) in [4.78, 5) is 2.23. The Morgan fingerprint density at radius 1 is 1.52 bits per heavy atom. The summed E-state index contributed by atoms with van der Waals surface area (Å²) in [5, 5.41) is 9.47. The minimum absolute atomic E-state index is 0.0113. The molecular weight excluding hydrogens is 268 g/mol. The van der Waals surface area contributed by atoms with Gasteiger partial charge in [-0.2, -0.15) is 0 Å². The number of hydrogen-bond donors (Lipinski definition) is 2. The zero-order valence-corrected chi connectivity index (χ0v) is 13.3. The van der Waals surface area contributed by atoms with E-state index in [0.29, 0.717) is 6.54 Å². The quantitative estimate of drug-likeness (QED) is 0.884. The van der Waals surface area contributed by atoms with Crippen LogP contribution in [0.1, 0.15) is 32.4 Å². The highest BCUT2D eigenvalue weighted by Gasteiger charge is 2.34.